The first-order chi connectivity index (χ1) is 8.56. The van der Waals surface area contributed by atoms with Crippen molar-refractivity contribution in [2.45, 2.75) is 13.8 Å². The lowest BCUT2D eigenvalue weighted by molar-refractivity contribution is 0.476. The Hall–Kier alpha value is -2.30. The van der Waals surface area contributed by atoms with Gasteiger partial charge in [-0.15, -0.1) is 0 Å². The van der Waals surface area contributed by atoms with Gasteiger partial charge in [-0.3, -0.25) is 4.68 Å². The zero-order valence-corrected chi connectivity index (χ0v) is 10.5. The van der Waals surface area contributed by atoms with E-state index in [9.17, 15) is 5.11 Å². The van der Waals surface area contributed by atoms with Crippen LogP contribution in [0.2, 0.25) is 0 Å². The number of phenols is 1. The second-order valence-electron chi connectivity index (χ2n) is 4.46. The first-order valence-electron chi connectivity index (χ1n) is 5.75. The van der Waals surface area contributed by atoms with Crippen LogP contribution in [0.25, 0.3) is 22.4 Å². The van der Waals surface area contributed by atoms with Gasteiger partial charge in [-0.25, -0.2) is 4.98 Å². The third-order valence-corrected chi connectivity index (χ3v) is 3.21. The Morgan fingerprint density at radius 2 is 2.06 bits per heavy atom. The minimum Gasteiger partial charge on any atom is -0.508 e. The van der Waals surface area contributed by atoms with Crippen LogP contribution in [0.4, 0.5) is 0 Å². The normalized spacial score (nSPS) is 11.3. The third-order valence-electron chi connectivity index (χ3n) is 3.21. The van der Waals surface area contributed by atoms with Crippen molar-refractivity contribution >= 4 is 11.0 Å². The van der Waals surface area contributed by atoms with E-state index in [1.165, 1.54) is 0 Å². The number of aromatic hydroxyl groups is 1. The number of aromatic amines is 1. The number of aromatic nitrogens is 4. The Bertz CT molecular complexity index is 739. The predicted octanol–water partition coefficient (Wildman–Crippen LogP) is 2.29. The average Bonchev–Trinajstić information content (AvgIpc) is 2.80. The Morgan fingerprint density at radius 1 is 1.28 bits per heavy atom. The molecule has 0 bridgehead atoms. The van der Waals surface area contributed by atoms with Gasteiger partial charge in [0, 0.05) is 18.8 Å². The fourth-order valence-corrected chi connectivity index (χ4v) is 2.23. The second kappa shape index (κ2) is 3.60. The zero-order chi connectivity index (χ0) is 12.9. The molecule has 2 N–H and O–H groups in total. The summed E-state index contributed by atoms with van der Waals surface area (Å²) < 4.78 is 1.84. The maximum absolute atomic E-state index is 9.46. The first-order valence-corrected chi connectivity index (χ1v) is 5.75. The summed E-state index contributed by atoms with van der Waals surface area (Å²) >= 11 is 0. The van der Waals surface area contributed by atoms with Crippen LogP contribution in [-0.2, 0) is 7.05 Å². The average molecular weight is 242 g/mol. The number of fused-ring (bicyclic) bond motifs is 1. The molecule has 0 fully saturated rings. The summed E-state index contributed by atoms with van der Waals surface area (Å²) in [7, 11) is 1.92. The van der Waals surface area contributed by atoms with Gasteiger partial charge >= 0.3 is 0 Å². The molecule has 3 aromatic rings. The smallest absolute Gasteiger partial charge is 0.142 e. The third kappa shape index (κ3) is 1.48. The van der Waals surface area contributed by atoms with E-state index in [2.05, 4.69) is 15.1 Å². The van der Waals surface area contributed by atoms with Gasteiger partial charge in [-0.2, -0.15) is 5.10 Å². The molecule has 5 heteroatoms. The summed E-state index contributed by atoms with van der Waals surface area (Å²) in [4.78, 5) is 7.76. The Morgan fingerprint density at radius 3 is 2.72 bits per heavy atom. The monoisotopic (exact) mass is 242 g/mol. The fourth-order valence-electron chi connectivity index (χ4n) is 2.23. The van der Waals surface area contributed by atoms with E-state index in [-0.39, 0.29) is 5.75 Å². The van der Waals surface area contributed by atoms with Crippen molar-refractivity contribution in [2.24, 2.45) is 7.05 Å². The van der Waals surface area contributed by atoms with Gasteiger partial charge in [-0.1, -0.05) is 0 Å². The molecular weight excluding hydrogens is 228 g/mol. The molecule has 0 amide bonds. The summed E-state index contributed by atoms with van der Waals surface area (Å²) in [5.41, 5.74) is 4.69. The highest BCUT2D eigenvalue weighted by molar-refractivity contribution is 5.81. The lowest BCUT2D eigenvalue weighted by Gasteiger charge is -1.96. The van der Waals surface area contributed by atoms with Gasteiger partial charge in [0.1, 0.15) is 11.6 Å². The van der Waals surface area contributed by atoms with E-state index >= 15 is 0 Å². The Balaban J connectivity index is 2.25. The highest BCUT2D eigenvalue weighted by atomic mass is 16.3. The van der Waals surface area contributed by atoms with E-state index in [0.29, 0.717) is 0 Å². The van der Waals surface area contributed by atoms with Crippen LogP contribution in [0.1, 0.15) is 11.4 Å². The Kier molecular flexibility index (Phi) is 2.16. The van der Waals surface area contributed by atoms with Crippen LogP contribution in [0.3, 0.4) is 0 Å². The molecule has 2 aromatic heterocycles. The summed E-state index contributed by atoms with van der Waals surface area (Å²) in [5.74, 6) is 1.02. The minimum atomic E-state index is 0.234. The quantitative estimate of drug-likeness (QED) is 0.688. The molecular formula is C13H14N4O. The lowest BCUT2D eigenvalue weighted by Crippen LogP contribution is -1.92. The zero-order valence-electron chi connectivity index (χ0n) is 10.5. The van der Waals surface area contributed by atoms with Gasteiger partial charge in [-0.05, 0) is 26.0 Å². The van der Waals surface area contributed by atoms with Crippen molar-refractivity contribution in [3.05, 3.63) is 29.6 Å². The van der Waals surface area contributed by atoms with Gasteiger partial charge in [0.15, 0.2) is 0 Å². The number of hydrogen-bond acceptors (Lipinski definition) is 3. The number of nitrogens with one attached hydrogen (secondary N) is 1. The van der Waals surface area contributed by atoms with Crippen molar-refractivity contribution in [3.8, 4) is 17.1 Å². The molecule has 0 aliphatic carbocycles. The molecule has 1 aromatic carbocycles. The molecule has 3 rings (SSSR count). The van der Waals surface area contributed by atoms with Crippen LogP contribution in [-0.4, -0.2) is 24.9 Å². The number of benzene rings is 1. The lowest BCUT2D eigenvalue weighted by atomic mass is 10.2. The highest BCUT2D eigenvalue weighted by Crippen LogP contribution is 2.27. The van der Waals surface area contributed by atoms with E-state index in [1.54, 1.807) is 18.2 Å². The number of rotatable bonds is 1. The summed E-state index contributed by atoms with van der Waals surface area (Å²) in [6.45, 7) is 3.98. The van der Waals surface area contributed by atoms with E-state index < -0.39 is 0 Å². The molecule has 0 atom stereocenters. The minimum absolute atomic E-state index is 0.234. The molecule has 0 saturated carbocycles. The standard InChI is InChI=1S/C13H14N4O/c1-7-12(8(2)17(3)16-7)13-14-10-5-4-9(18)6-11(10)15-13/h4-6,18H,1-3H3,(H,14,15). The molecule has 5 nitrogen and oxygen atoms in total. The number of H-pyrrole nitrogens is 1. The van der Waals surface area contributed by atoms with Crippen molar-refractivity contribution in [1.82, 2.24) is 19.7 Å². The topological polar surface area (TPSA) is 66.7 Å². The van der Waals surface area contributed by atoms with Gasteiger partial charge in [0.05, 0.1) is 22.3 Å². The van der Waals surface area contributed by atoms with E-state index in [4.69, 9.17) is 0 Å². The van der Waals surface area contributed by atoms with Crippen LogP contribution >= 0.6 is 0 Å². The molecule has 92 valence electrons. The van der Waals surface area contributed by atoms with Crippen LogP contribution in [0.15, 0.2) is 18.2 Å². The van der Waals surface area contributed by atoms with E-state index in [1.807, 2.05) is 25.6 Å². The summed E-state index contributed by atoms with van der Waals surface area (Å²) in [5, 5.41) is 13.8. The molecule has 0 spiro atoms. The molecule has 0 unspecified atom stereocenters. The number of nitrogens with zero attached hydrogens (tertiary/aromatic N) is 3. The van der Waals surface area contributed by atoms with Crippen molar-refractivity contribution in [3.63, 3.8) is 0 Å². The van der Waals surface area contributed by atoms with Gasteiger partial charge in [0.2, 0.25) is 0 Å². The largest absolute Gasteiger partial charge is 0.508 e. The molecule has 0 saturated heterocycles. The van der Waals surface area contributed by atoms with Crippen molar-refractivity contribution < 1.29 is 5.11 Å². The molecule has 0 aliphatic heterocycles. The van der Waals surface area contributed by atoms with Gasteiger partial charge < -0.3 is 10.1 Å². The number of aryl methyl sites for hydroxylation is 2. The number of phenolic OH excluding ortho intramolecular Hbond substituents is 1. The maximum Gasteiger partial charge on any atom is 0.142 e. The number of imidazole rings is 1. The summed E-state index contributed by atoms with van der Waals surface area (Å²) in [6.07, 6.45) is 0. The summed E-state index contributed by atoms with van der Waals surface area (Å²) in [6, 6.07) is 5.11. The Labute approximate surface area is 104 Å². The van der Waals surface area contributed by atoms with Crippen LogP contribution in [0, 0.1) is 13.8 Å². The molecule has 0 aliphatic rings. The molecule has 18 heavy (non-hydrogen) atoms. The fraction of sp³-hybridized carbons (Fsp3) is 0.231. The van der Waals surface area contributed by atoms with E-state index in [0.717, 1.165) is 33.8 Å². The van der Waals surface area contributed by atoms with Crippen molar-refractivity contribution in [2.75, 3.05) is 0 Å². The van der Waals surface area contributed by atoms with Gasteiger partial charge in [0.25, 0.3) is 0 Å². The van der Waals surface area contributed by atoms with Crippen molar-refractivity contribution in [1.29, 1.82) is 0 Å². The maximum atomic E-state index is 9.46. The molecule has 2 heterocycles. The number of hydrogen-bond donors (Lipinski definition) is 2. The second-order valence-corrected chi connectivity index (χ2v) is 4.46. The van der Waals surface area contributed by atoms with Crippen LogP contribution in [0.5, 0.6) is 5.75 Å². The predicted molar refractivity (Wildman–Crippen MR) is 69.4 cm³/mol. The highest BCUT2D eigenvalue weighted by Gasteiger charge is 2.15. The SMILES string of the molecule is Cc1nn(C)c(C)c1-c1nc2ccc(O)cc2[nH]1. The first kappa shape index (κ1) is 10.8. The molecule has 0 radical (unpaired) electrons. The van der Waals surface area contributed by atoms with Crippen LogP contribution < -0.4 is 0 Å².